The van der Waals surface area contributed by atoms with Crippen molar-refractivity contribution in [3.05, 3.63) is 102 Å². The van der Waals surface area contributed by atoms with Crippen LogP contribution in [0.4, 0.5) is 14.5 Å². The molecule has 4 heterocycles. The number of nitrogens with one attached hydrogen (secondary N) is 2. The van der Waals surface area contributed by atoms with Gasteiger partial charge in [-0.15, -0.1) is 0 Å². The van der Waals surface area contributed by atoms with Gasteiger partial charge in [0.1, 0.15) is 11.6 Å². The van der Waals surface area contributed by atoms with Gasteiger partial charge in [-0.1, -0.05) is 18.2 Å². The number of anilines is 1. The van der Waals surface area contributed by atoms with Crippen molar-refractivity contribution in [2.24, 2.45) is 0 Å². The second-order valence-electron chi connectivity index (χ2n) is 11.9. The molecule has 0 unspecified atom stereocenters. The minimum atomic E-state index is -1.36. The quantitative estimate of drug-likeness (QED) is 0.213. The zero-order valence-corrected chi connectivity index (χ0v) is 26.4. The number of halogens is 3. The van der Waals surface area contributed by atoms with Crippen LogP contribution >= 0.6 is 11.9 Å². The number of amides is 2. The second-order valence-corrected chi connectivity index (χ2v) is 12.1. The third kappa shape index (κ3) is 6.29. The van der Waals surface area contributed by atoms with Crippen LogP contribution in [-0.2, 0) is 13.9 Å². The van der Waals surface area contributed by atoms with Gasteiger partial charge in [0, 0.05) is 72.8 Å². The lowest BCUT2D eigenvalue weighted by Crippen LogP contribution is -2.47. The first kappa shape index (κ1) is 31.6. The van der Waals surface area contributed by atoms with Gasteiger partial charge in [-0.25, -0.2) is 18.7 Å². The number of aromatic amines is 1. The van der Waals surface area contributed by atoms with E-state index in [0.29, 0.717) is 54.4 Å². The van der Waals surface area contributed by atoms with Gasteiger partial charge >= 0.3 is 0 Å². The molecule has 1 atom stereocenters. The summed E-state index contributed by atoms with van der Waals surface area (Å²) in [5, 5.41) is 11.0. The Morgan fingerprint density at radius 3 is 2.52 bits per heavy atom. The maximum atomic E-state index is 15.1. The van der Waals surface area contributed by atoms with Gasteiger partial charge in [-0.3, -0.25) is 23.9 Å². The van der Waals surface area contributed by atoms with Gasteiger partial charge < -0.3 is 10.2 Å². The van der Waals surface area contributed by atoms with Crippen LogP contribution < -0.4 is 5.32 Å². The maximum absolute atomic E-state index is 15.1. The van der Waals surface area contributed by atoms with Crippen LogP contribution in [0, 0.1) is 11.6 Å². The highest BCUT2D eigenvalue weighted by Gasteiger charge is 2.47. The molecule has 1 fully saturated rings. The Labute approximate surface area is 279 Å². The summed E-state index contributed by atoms with van der Waals surface area (Å²) < 4.78 is 33.8. The Kier molecular flexibility index (Phi) is 8.69. The summed E-state index contributed by atoms with van der Waals surface area (Å²) in [6.45, 7) is 1.43. The van der Waals surface area contributed by atoms with Crippen LogP contribution in [0.15, 0.2) is 85.2 Å². The van der Waals surface area contributed by atoms with Crippen LogP contribution in [-0.4, -0.2) is 80.1 Å². The lowest BCUT2D eigenvalue weighted by Gasteiger charge is -2.29. The highest BCUT2D eigenvalue weighted by Crippen LogP contribution is 2.32. The van der Waals surface area contributed by atoms with E-state index in [0.717, 1.165) is 22.0 Å². The van der Waals surface area contributed by atoms with E-state index in [2.05, 4.69) is 25.5 Å². The van der Waals surface area contributed by atoms with E-state index in [1.165, 1.54) is 18.2 Å². The largest absolute Gasteiger partial charge is 0.338 e. The number of H-pyrrole nitrogens is 1. The average Bonchev–Trinajstić information content (AvgIpc) is 3.74. The van der Waals surface area contributed by atoms with Gasteiger partial charge in [0.2, 0.25) is 5.91 Å². The first-order valence-corrected chi connectivity index (χ1v) is 15.7. The Balaban J connectivity index is 0.970. The van der Waals surface area contributed by atoms with Crippen molar-refractivity contribution in [1.29, 1.82) is 0 Å². The van der Waals surface area contributed by atoms with Gasteiger partial charge in [0.05, 0.1) is 29.6 Å². The first-order chi connectivity index (χ1) is 23.3. The molecule has 2 N–H and O–H groups in total. The summed E-state index contributed by atoms with van der Waals surface area (Å²) in [5.74, 6) is -0.797. The minimum Gasteiger partial charge on any atom is -0.338 e. The van der Waals surface area contributed by atoms with Crippen molar-refractivity contribution in [1.82, 2.24) is 30.0 Å². The number of rotatable bonds is 8. The standard InChI is InChI=1S/C35H30ClF2N7O3/c36-48-35(34(47)41-26-7-9-30-28(19-26)32(43-42-30)23-2-5-25(37)6-3-23)12-17-44(21-35)20-31(46)45-15-10-22(11-16-45)27-8-4-24(18-29(27)38)33-39-13-1-14-40-33/h1-10,13-14,18-19H,11-12,15-17,20-21H2,(H,41,47)(H,42,43)/t35-/m0/s1. The fraction of sp³-hybridized carbons (Fsp3) is 0.229. The van der Waals surface area contributed by atoms with Crippen LogP contribution in [0.25, 0.3) is 39.1 Å². The minimum absolute atomic E-state index is 0.0839. The van der Waals surface area contributed by atoms with Crippen LogP contribution in [0.2, 0.25) is 0 Å². The summed E-state index contributed by atoms with van der Waals surface area (Å²) >= 11 is 5.93. The van der Waals surface area contributed by atoms with Gasteiger partial charge in [-0.05, 0) is 66.6 Å². The van der Waals surface area contributed by atoms with E-state index in [1.807, 2.05) is 11.0 Å². The van der Waals surface area contributed by atoms with Crippen molar-refractivity contribution >= 4 is 45.8 Å². The molecule has 2 amide bonds. The molecule has 1 saturated heterocycles. The van der Waals surface area contributed by atoms with Crippen molar-refractivity contribution in [2.75, 3.05) is 38.0 Å². The molecular weight excluding hydrogens is 640 g/mol. The second kappa shape index (κ2) is 13.2. The van der Waals surface area contributed by atoms with Crippen molar-refractivity contribution in [3.63, 3.8) is 0 Å². The Hall–Kier alpha value is -5.04. The monoisotopic (exact) mass is 669 g/mol. The molecular formula is C35H30ClF2N7O3. The third-order valence-corrected chi connectivity index (χ3v) is 9.17. The van der Waals surface area contributed by atoms with Crippen LogP contribution in [0.1, 0.15) is 18.4 Å². The summed E-state index contributed by atoms with van der Waals surface area (Å²) in [4.78, 5) is 38.7. The van der Waals surface area contributed by atoms with Gasteiger partial charge in [-0.2, -0.15) is 5.10 Å². The summed E-state index contributed by atoms with van der Waals surface area (Å²) in [6.07, 6.45) is 5.89. The first-order valence-electron chi connectivity index (χ1n) is 15.4. The van der Waals surface area contributed by atoms with E-state index >= 15 is 4.39 Å². The molecule has 2 aliphatic heterocycles. The number of carbonyl (C=O) groups is 2. The van der Waals surface area contributed by atoms with Gasteiger partial charge in [0.15, 0.2) is 11.4 Å². The molecule has 7 rings (SSSR count). The molecule has 48 heavy (non-hydrogen) atoms. The fourth-order valence-electron chi connectivity index (χ4n) is 6.24. The fourth-order valence-corrected chi connectivity index (χ4v) is 6.43. The third-order valence-electron chi connectivity index (χ3n) is 8.87. The highest BCUT2D eigenvalue weighted by atomic mass is 35.5. The van der Waals surface area contributed by atoms with Crippen molar-refractivity contribution in [3.8, 4) is 22.6 Å². The van der Waals surface area contributed by atoms with E-state index in [-0.39, 0.29) is 37.1 Å². The molecule has 2 aliphatic rings. The lowest BCUT2D eigenvalue weighted by atomic mass is 9.97. The number of aromatic nitrogens is 4. The molecule has 0 bridgehead atoms. The van der Waals surface area contributed by atoms with Gasteiger partial charge in [0.25, 0.3) is 5.91 Å². The molecule has 0 spiro atoms. The lowest BCUT2D eigenvalue weighted by molar-refractivity contribution is -0.133. The van der Waals surface area contributed by atoms with E-state index in [1.54, 1.807) is 65.8 Å². The molecule has 0 aliphatic carbocycles. The van der Waals surface area contributed by atoms with Crippen LogP contribution in [0.3, 0.4) is 0 Å². The number of benzene rings is 3. The average molecular weight is 670 g/mol. The van der Waals surface area contributed by atoms with E-state index in [9.17, 15) is 14.0 Å². The van der Waals surface area contributed by atoms with E-state index < -0.39 is 11.5 Å². The number of hydrogen-bond acceptors (Lipinski definition) is 7. The maximum Gasteiger partial charge on any atom is 0.259 e. The predicted molar refractivity (Wildman–Crippen MR) is 177 cm³/mol. The number of nitrogens with zero attached hydrogens (tertiary/aromatic N) is 5. The van der Waals surface area contributed by atoms with E-state index in [4.69, 9.17) is 16.2 Å². The molecule has 13 heteroatoms. The van der Waals surface area contributed by atoms with Crippen LogP contribution in [0.5, 0.6) is 0 Å². The van der Waals surface area contributed by atoms with Crippen molar-refractivity contribution < 1.29 is 22.7 Å². The molecule has 5 aromatic rings. The zero-order valence-electron chi connectivity index (χ0n) is 25.6. The topological polar surface area (TPSA) is 116 Å². The Bertz CT molecular complexity index is 2020. The van der Waals surface area contributed by atoms with Crippen molar-refractivity contribution in [2.45, 2.75) is 18.4 Å². The molecule has 3 aromatic carbocycles. The number of fused-ring (bicyclic) bond motifs is 1. The Morgan fingerprint density at radius 1 is 1.00 bits per heavy atom. The normalized spacial score (nSPS) is 18.2. The molecule has 10 nitrogen and oxygen atoms in total. The molecule has 2 aromatic heterocycles. The summed E-state index contributed by atoms with van der Waals surface area (Å²) in [6, 6.07) is 18.0. The number of likely N-dealkylation sites (tertiary alicyclic amines) is 1. The Morgan fingerprint density at radius 2 is 1.79 bits per heavy atom. The summed E-state index contributed by atoms with van der Waals surface area (Å²) in [5.41, 5.74) is 3.17. The number of carbonyl (C=O) groups excluding carboxylic acids is 2. The summed E-state index contributed by atoms with van der Waals surface area (Å²) in [7, 11) is 0. The highest BCUT2D eigenvalue weighted by molar-refractivity contribution is 6.11. The SMILES string of the molecule is O=C(CN1CC[C@@](OCl)(C(=O)Nc2ccc3[nH]nc(-c4ccc(F)cc4)c3c2)C1)N1CC=C(c2ccc(-c3ncccn3)cc2F)CC1. The molecule has 244 valence electrons. The predicted octanol–water partition coefficient (Wildman–Crippen LogP) is 5.83. The molecule has 0 saturated carbocycles. The molecule has 0 radical (unpaired) electrons. The zero-order chi connectivity index (χ0) is 33.3. The smallest absolute Gasteiger partial charge is 0.259 e. The number of hydrogen-bond donors (Lipinski definition) is 2.